The number of benzene rings is 2. The first-order chi connectivity index (χ1) is 11.6. The lowest BCUT2D eigenvalue weighted by Crippen LogP contribution is -2.28. The molecule has 0 saturated heterocycles. The van der Waals surface area contributed by atoms with Crippen LogP contribution < -0.4 is 0 Å². The Morgan fingerprint density at radius 1 is 1.17 bits per heavy atom. The highest BCUT2D eigenvalue weighted by atomic mass is 35.5. The molecule has 0 aliphatic carbocycles. The minimum Gasteiger partial charge on any atom is -0.341 e. The predicted octanol–water partition coefficient (Wildman–Crippen LogP) is 4.23. The van der Waals surface area contributed by atoms with Crippen molar-refractivity contribution < 1.29 is 9.18 Å². The average molecular weight is 343 g/mol. The van der Waals surface area contributed by atoms with Crippen LogP contribution in [-0.4, -0.2) is 22.8 Å². The van der Waals surface area contributed by atoms with Crippen molar-refractivity contribution in [2.24, 2.45) is 0 Å². The zero-order valence-corrected chi connectivity index (χ0v) is 13.9. The lowest BCUT2D eigenvalue weighted by Gasteiger charge is -2.19. The first-order valence-corrected chi connectivity index (χ1v) is 7.93. The number of carbonyl (C=O) groups excluding carboxylic acids is 1. The molecule has 3 rings (SSSR count). The highest BCUT2D eigenvalue weighted by Crippen LogP contribution is 2.21. The van der Waals surface area contributed by atoms with E-state index in [1.807, 2.05) is 30.3 Å². The molecule has 0 unspecified atom stereocenters. The summed E-state index contributed by atoms with van der Waals surface area (Å²) in [6.07, 6.45) is 1.91. The average Bonchev–Trinajstić information content (AvgIpc) is 2.58. The standard InChI is InChI=1S/C19H16ClFN2O/c1-23(12-15-16(20)8-3-9-17(15)21)18(24)11-14-6-2-5-13-7-4-10-22-19(13)14/h2-10H,11-12H2,1H3. The van der Waals surface area contributed by atoms with E-state index in [9.17, 15) is 9.18 Å². The Morgan fingerprint density at radius 3 is 2.71 bits per heavy atom. The fraction of sp³-hybridized carbons (Fsp3) is 0.158. The SMILES string of the molecule is CN(Cc1c(F)cccc1Cl)C(=O)Cc1cccc2cccnc12. The molecule has 0 fully saturated rings. The van der Waals surface area contributed by atoms with Crippen LogP contribution in [0.1, 0.15) is 11.1 Å². The highest BCUT2D eigenvalue weighted by Gasteiger charge is 2.16. The predicted molar refractivity (Wildman–Crippen MR) is 93.3 cm³/mol. The van der Waals surface area contributed by atoms with Crippen molar-refractivity contribution in [2.75, 3.05) is 7.05 Å². The summed E-state index contributed by atoms with van der Waals surface area (Å²) in [6.45, 7) is 0.128. The van der Waals surface area contributed by atoms with E-state index in [-0.39, 0.29) is 18.9 Å². The number of fused-ring (bicyclic) bond motifs is 1. The maximum atomic E-state index is 13.9. The molecule has 24 heavy (non-hydrogen) atoms. The number of carbonyl (C=O) groups is 1. The third-order valence-electron chi connectivity index (χ3n) is 3.94. The van der Waals surface area contributed by atoms with Crippen LogP contribution in [0, 0.1) is 5.82 Å². The fourth-order valence-electron chi connectivity index (χ4n) is 2.62. The molecule has 0 saturated carbocycles. The molecule has 0 N–H and O–H groups in total. The molecule has 1 heterocycles. The fourth-order valence-corrected chi connectivity index (χ4v) is 2.84. The summed E-state index contributed by atoms with van der Waals surface area (Å²) in [6, 6.07) is 14.1. The van der Waals surface area contributed by atoms with Gasteiger partial charge in [0.2, 0.25) is 5.91 Å². The summed E-state index contributed by atoms with van der Waals surface area (Å²) < 4.78 is 13.9. The van der Waals surface area contributed by atoms with Gasteiger partial charge >= 0.3 is 0 Å². The van der Waals surface area contributed by atoms with Crippen LogP contribution in [0.4, 0.5) is 4.39 Å². The molecule has 0 radical (unpaired) electrons. The Kier molecular flexibility index (Phi) is 4.76. The van der Waals surface area contributed by atoms with Crippen LogP contribution in [0.3, 0.4) is 0 Å². The second-order valence-electron chi connectivity index (χ2n) is 5.62. The van der Waals surface area contributed by atoms with Gasteiger partial charge in [-0.2, -0.15) is 0 Å². The smallest absolute Gasteiger partial charge is 0.227 e. The van der Waals surface area contributed by atoms with Crippen molar-refractivity contribution in [1.82, 2.24) is 9.88 Å². The Labute approximate surface area is 144 Å². The van der Waals surface area contributed by atoms with Crippen molar-refractivity contribution in [1.29, 1.82) is 0 Å². The van der Waals surface area contributed by atoms with Crippen molar-refractivity contribution in [2.45, 2.75) is 13.0 Å². The molecule has 0 atom stereocenters. The van der Waals surface area contributed by atoms with Crippen LogP contribution in [0.25, 0.3) is 10.9 Å². The Balaban J connectivity index is 1.79. The molecule has 3 aromatic rings. The maximum absolute atomic E-state index is 13.9. The number of rotatable bonds is 4. The molecular formula is C19H16ClFN2O. The summed E-state index contributed by atoms with van der Waals surface area (Å²) in [5, 5.41) is 1.31. The molecule has 1 amide bonds. The topological polar surface area (TPSA) is 33.2 Å². The number of aromatic nitrogens is 1. The van der Waals surface area contributed by atoms with E-state index in [1.165, 1.54) is 11.0 Å². The van der Waals surface area contributed by atoms with E-state index in [4.69, 9.17) is 11.6 Å². The van der Waals surface area contributed by atoms with Gasteiger partial charge < -0.3 is 4.90 Å². The minimum atomic E-state index is -0.408. The Hall–Kier alpha value is -2.46. The van der Waals surface area contributed by atoms with Gasteiger partial charge in [-0.3, -0.25) is 9.78 Å². The minimum absolute atomic E-state index is 0.118. The molecule has 0 spiro atoms. The van der Waals surface area contributed by atoms with Gasteiger partial charge in [0.1, 0.15) is 5.82 Å². The van der Waals surface area contributed by atoms with Gasteiger partial charge in [-0.25, -0.2) is 4.39 Å². The second kappa shape index (κ2) is 6.97. The summed E-state index contributed by atoms with van der Waals surface area (Å²) in [7, 11) is 1.64. The first-order valence-electron chi connectivity index (χ1n) is 7.55. The van der Waals surface area contributed by atoms with E-state index in [0.29, 0.717) is 10.6 Å². The summed E-state index contributed by atoms with van der Waals surface area (Å²) in [4.78, 5) is 18.3. The monoisotopic (exact) mass is 342 g/mol. The van der Waals surface area contributed by atoms with E-state index in [0.717, 1.165) is 16.5 Å². The molecule has 122 valence electrons. The zero-order chi connectivity index (χ0) is 17.1. The first kappa shape index (κ1) is 16.4. The number of hydrogen-bond acceptors (Lipinski definition) is 2. The summed E-state index contributed by atoms with van der Waals surface area (Å²) in [5.74, 6) is -0.526. The Bertz CT molecular complexity index is 872. The largest absolute Gasteiger partial charge is 0.341 e. The van der Waals surface area contributed by atoms with Crippen LogP contribution in [0.5, 0.6) is 0 Å². The van der Waals surface area contributed by atoms with Crippen molar-refractivity contribution in [3.63, 3.8) is 0 Å². The van der Waals surface area contributed by atoms with Gasteiger partial charge in [0.25, 0.3) is 0 Å². The quantitative estimate of drug-likeness (QED) is 0.711. The molecule has 0 aliphatic heterocycles. The van der Waals surface area contributed by atoms with E-state index >= 15 is 0 Å². The third kappa shape index (κ3) is 3.39. The summed E-state index contributed by atoms with van der Waals surface area (Å²) >= 11 is 6.03. The second-order valence-corrected chi connectivity index (χ2v) is 6.03. The van der Waals surface area contributed by atoms with E-state index < -0.39 is 5.82 Å². The molecule has 1 aromatic heterocycles. The number of para-hydroxylation sites is 1. The molecule has 2 aromatic carbocycles. The summed E-state index contributed by atoms with van der Waals surface area (Å²) in [5.41, 5.74) is 1.99. The van der Waals surface area contributed by atoms with Gasteiger partial charge in [-0.05, 0) is 23.8 Å². The van der Waals surface area contributed by atoms with Crippen LogP contribution in [0.2, 0.25) is 5.02 Å². The van der Waals surface area contributed by atoms with Gasteiger partial charge in [-0.1, -0.05) is 41.9 Å². The molecule has 0 bridgehead atoms. The molecule has 0 aliphatic rings. The molecule has 3 nitrogen and oxygen atoms in total. The van der Waals surface area contributed by atoms with E-state index in [2.05, 4.69) is 4.98 Å². The van der Waals surface area contributed by atoms with Gasteiger partial charge in [0.05, 0.1) is 11.9 Å². The number of pyridine rings is 1. The maximum Gasteiger partial charge on any atom is 0.227 e. The van der Waals surface area contributed by atoms with Crippen molar-refractivity contribution >= 4 is 28.4 Å². The normalized spacial score (nSPS) is 10.8. The van der Waals surface area contributed by atoms with E-state index in [1.54, 1.807) is 25.4 Å². The number of hydrogen-bond donors (Lipinski definition) is 0. The third-order valence-corrected chi connectivity index (χ3v) is 4.29. The number of amides is 1. The lowest BCUT2D eigenvalue weighted by molar-refractivity contribution is -0.129. The Morgan fingerprint density at radius 2 is 1.92 bits per heavy atom. The van der Waals surface area contributed by atoms with Gasteiger partial charge in [0, 0.05) is 35.8 Å². The van der Waals surface area contributed by atoms with Gasteiger partial charge in [0.15, 0.2) is 0 Å². The number of halogens is 2. The number of nitrogens with zero attached hydrogens (tertiary/aromatic N) is 2. The van der Waals surface area contributed by atoms with Crippen LogP contribution in [-0.2, 0) is 17.8 Å². The molecular weight excluding hydrogens is 327 g/mol. The van der Waals surface area contributed by atoms with Crippen molar-refractivity contribution in [3.8, 4) is 0 Å². The van der Waals surface area contributed by atoms with Crippen LogP contribution in [0.15, 0.2) is 54.7 Å². The van der Waals surface area contributed by atoms with Crippen LogP contribution >= 0.6 is 11.6 Å². The van der Waals surface area contributed by atoms with Crippen molar-refractivity contribution in [3.05, 3.63) is 76.7 Å². The highest BCUT2D eigenvalue weighted by molar-refractivity contribution is 6.31. The number of likely N-dealkylation sites (N-methyl/N-ethyl adjacent to an activating group) is 1. The lowest BCUT2D eigenvalue weighted by atomic mass is 10.1. The zero-order valence-electron chi connectivity index (χ0n) is 13.2. The molecule has 5 heteroatoms. The van der Waals surface area contributed by atoms with Gasteiger partial charge in [-0.15, -0.1) is 0 Å².